The largest absolute Gasteiger partial charge is 0.434 e. The molecule has 1 aliphatic heterocycles. The van der Waals surface area contributed by atoms with Crippen molar-refractivity contribution in [1.82, 2.24) is 25.4 Å². The van der Waals surface area contributed by atoms with Crippen LogP contribution in [0.3, 0.4) is 0 Å². The van der Waals surface area contributed by atoms with Gasteiger partial charge >= 0.3 is 6.61 Å². The van der Waals surface area contributed by atoms with Crippen molar-refractivity contribution in [2.45, 2.75) is 46.0 Å². The SMILES string of the molecule is CN=C(NCc1cc(C)ccc1OC(F)F)NCc1nnc2n1CCC2.I. The number of aryl methyl sites for hydroxylation is 2. The number of fused-ring (bicyclic) bond motifs is 1. The molecule has 0 radical (unpaired) electrons. The molecular weight excluding hydrogens is 469 g/mol. The summed E-state index contributed by atoms with van der Waals surface area (Å²) < 4.78 is 31.8. The first-order chi connectivity index (χ1) is 12.6. The predicted molar refractivity (Wildman–Crippen MR) is 109 cm³/mol. The second-order valence-electron chi connectivity index (χ2n) is 6.06. The highest BCUT2D eigenvalue weighted by atomic mass is 127. The highest BCUT2D eigenvalue weighted by Gasteiger charge is 2.17. The fourth-order valence-corrected chi connectivity index (χ4v) is 2.96. The number of benzene rings is 1. The Hall–Kier alpha value is -1.98. The third-order valence-electron chi connectivity index (χ3n) is 4.20. The Morgan fingerprint density at radius 1 is 1.30 bits per heavy atom. The molecule has 3 rings (SSSR count). The normalized spacial score (nSPS) is 13.3. The van der Waals surface area contributed by atoms with Crippen LogP contribution in [0, 0.1) is 6.92 Å². The number of nitrogens with zero attached hydrogens (tertiary/aromatic N) is 4. The first-order valence-corrected chi connectivity index (χ1v) is 8.46. The zero-order chi connectivity index (χ0) is 18.5. The Kier molecular flexibility index (Phi) is 7.75. The van der Waals surface area contributed by atoms with Gasteiger partial charge in [-0.3, -0.25) is 4.99 Å². The Morgan fingerprint density at radius 2 is 2.07 bits per heavy atom. The average molecular weight is 492 g/mol. The van der Waals surface area contributed by atoms with Crippen LogP contribution < -0.4 is 15.4 Å². The number of guanidine groups is 1. The van der Waals surface area contributed by atoms with Crippen LogP contribution in [0.5, 0.6) is 5.75 Å². The molecular formula is C17H23F2IN6O. The van der Waals surface area contributed by atoms with Gasteiger partial charge in [-0.1, -0.05) is 17.7 Å². The van der Waals surface area contributed by atoms with Crippen LogP contribution in [0.15, 0.2) is 23.2 Å². The van der Waals surface area contributed by atoms with Crippen LogP contribution in [0.1, 0.15) is 29.2 Å². The lowest BCUT2D eigenvalue weighted by atomic mass is 10.1. The minimum Gasteiger partial charge on any atom is -0.434 e. The number of hydrogen-bond acceptors (Lipinski definition) is 4. The number of halogens is 3. The number of aliphatic imine (C=N–C) groups is 1. The third-order valence-corrected chi connectivity index (χ3v) is 4.20. The number of hydrogen-bond donors (Lipinski definition) is 2. The molecule has 0 amide bonds. The van der Waals surface area contributed by atoms with Crippen LogP contribution in [0.2, 0.25) is 0 Å². The van der Waals surface area contributed by atoms with Gasteiger partial charge < -0.3 is 19.9 Å². The van der Waals surface area contributed by atoms with Gasteiger partial charge in [-0.15, -0.1) is 34.2 Å². The summed E-state index contributed by atoms with van der Waals surface area (Å²) in [6.45, 7) is 0.767. The highest BCUT2D eigenvalue weighted by Crippen LogP contribution is 2.22. The summed E-state index contributed by atoms with van der Waals surface area (Å²) in [5.74, 6) is 2.57. The van der Waals surface area contributed by atoms with E-state index in [0.717, 1.165) is 36.6 Å². The highest BCUT2D eigenvalue weighted by molar-refractivity contribution is 14.0. The molecule has 0 unspecified atom stereocenters. The van der Waals surface area contributed by atoms with Crippen LogP contribution in [-0.2, 0) is 26.1 Å². The third kappa shape index (κ3) is 5.50. The summed E-state index contributed by atoms with van der Waals surface area (Å²) in [4.78, 5) is 4.16. The molecule has 0 saturated carbocycles. The Bertz CT molecular complexity index is 796. The molecule has 0 spiro atoms. The van der Waals surface area contributed by atoms with Gasteiger partial charge in [0.25, 0.3) is 0 Å². The molecule has 10 heteroatoms. The molecule has 2 N–H and O–H groups in total. The van der Waals surface area contributed by atoms with Crippen molar-refractivity contribution in [2.24, 2.45) is 4.99 Å². The maximum Gasteiger partial charge on any atom is 0.387 e. The van der Waals surface area contributed by atoms with E-state index in [1.54, 1.807) is 19.2 Å². The van der Waals surface area contributed by atoms with Gasteiger partial charge in [0.1, 0.15) is 11.6 Å². The quantitative estimate of drug-likeness (QED) is 0.369. The van der Waals surface area contributed by atoms with Gasteiger partial charge in [-0.2, -0.15) is 8.78 Å². The lowest BCUT2D eigenvalue weighted by Crippen LogP contribution is -2.37. The van der Waals surface area contributed by atoms with Crippen LogP contribution in [-0.4, -0.2) is 34.4 Å². The lowest BCUT2D eigenvalue weighted by molar-refractivity contribution is -0.0504. The van der Waals surface area contributed by atoms with E-state index in [9.17, 15) is 8.78 Å². The van der Waals surface area contributed by atoms with E-state index in [0.29, 0.717) is 24.6 Å². The smallest absolute Gasteiger partial charge is 0.387 e. The van der Waals surface area contributed by atoms with E-state index >= 15 is 0 Å². The van der Waals surface area contributed by atoms with Gasteiger partial charge in [0.05, 0.1) is 6.54 Å². The van der Waals surface area contributed by atoms with Crippen LogP contribution in [0.4, 0.5) is 8.78 Å². The van der Waals surface area contributed by atoms with Gasteiger partial charge in [-0.05, 0) is 19.4 Å². The Labute approximate surface area is 173 Å². The number of ether oxygens (including phenoxy) is 1. The minimum absolute atomic E-state index is 0. The lowest BCUT2D eigenvalue weighted by Gasteiger charge is -2.15. The Balaban J connectivity index is 0.00000261. The molecule has 0 aliphatic carbocycles. The maximum absolute atomic E-state index is 12.6. The molecule has 0 bridgehead atoms. The van der Waals surface area contributed by atoms with Crippen LogP contribution >= 0.6 is 24.0 Å². The molecule has 2 heterocycles. The van der Waals surface area contributed by atoms with Crippen molar-refractivity contribution in [3.63, 3.8) is 0 Å². The number of nitrogens with one attached hydrogen (secondary N) is 2. The summed E-state index contributed by atoms with van der Waals surface area (Å²) in [6.07, 6.45) is 2.05. The topological polar surface area (TPSA) is 76.4 Å². The fraction of sp³-hybridized carbons (Fsp3) is 0.471. The van der Waals surface area contributed by atoms with E-state index in [4.69, 9.17) is 0 Å². The van der Waals surface area contributed by atoms with Gasteiger partial charge in [-0.25, -0.2) is 0 Å². The molecule has 7 nitrogen and oxygen atoms in total. The van der Waals surface area contributed by atoms with Crippen molar-refractivity contribution >= 4 is 29.9 Å². The molecule has 1 aromatic carbocycles. The molecule has 148 valence electrons. The van der Waals surface area contributed by atoms with Crippen molar-refractivity contribution in [3.05, 3.63) is 41.0 Å². The average Bonchev–Trinajstić information content (AvgIpc) is 3.21. The molecule has 0 fully saturated rings. The molecule has 1 aromatic heterocycles. The second kappa shape index (κ2) is 9.81. The van der Waals surface area contributed by atoms with E-state index in [1.807, 2.05) is 13.0 Å². The van der Waals surface area contributed by atoms with Crippen molar-refractivity contribution in [3.8, 4) is 5.75 Å². The maximum atomic E-state index is 12.6. The minimum atomic E-state index is -2.86. The molecule has 0 atom stereocenters. The van der Waals surface area contributed by atoms with Crippen molar-refractivity contribution in [1.29, 1.82) is 0 Å². The fourth-order valence-electron chi connectivity index (χ4n) is 2.96. The zero-order valence-corrected chi connectivity index (χ0v) is 17.5. The molecule has 0 saturated heterocycles. The standard InChI is InChI=1S/C17H22F2N6O.HI/c1-11-5-6-13(26-16(18)19)12(8-11)9-21-17(20-2)22-10-15-24-23-14-4-3-7-25(14)15;/h5-6,8,16H,3-4,7,9-10H2,1-2H3,(H2,20,21,22);1H. The van der Waals surface area contributed by atoms with Gasteiger partial charge in [0.15, 0.2) is 11.8 Å². The molecule has 27 heavy (non-hydrogen) atoms. The van der Waals surface area contributed by atoms with Crippen LogP contribution in [0.25, 0.3) is 0 Å². The van der Waals surface area contributed by atoms with Gasteiger partial charge in [0, 0.05) is 32.1 Å². The predicted octanol–water partition coefficient (Wildman–Crippen LogP) is 2.62. The van der Waals surface area contributed by atoms with E-state index in [2.05, 4.69) is 35.1 Å². The molecule has 1 aliphatic rings. The summed E-state index contributed by atoms with van der Waals surface area (Å²) >= 11 is 0. The first kappa shape index (κ1) is 21.3. The number of rotatable bonds is 6. The zero-order valence-electron chi connectivity index (χ0n) is 15.2. The van der Waals surface area contributed by atoms with E-state index < -0.39 is 6.61 Å². The monoisotopic (exact) mass is 492 g/mol. The summed E-state index contributed by atoms with van der Waals surface area (Å²) in [7, 11) is 1.65. The Morgan fingerprint density at radius 3 is 2.81 bits per heavy atom. The summed E-state index contributed by atoms with van der Waals surface area (Å²) in [5.41, 5.74) is 1.60. The number of aromatic nitrogens is 3. The van der Waals surface area contributed by atoms with E-state index in [-0.39, 0.29) is 29.7 Å². The summed E-state index contributed by atoms with van der Waals surface area (Å²) in [5, 5.41) is 14.6. The molecule has 2 aromatic rings. The van der Waals surface area contributed by atoms with Crippen molar-refractivity contribution < 1.29 is 13.5 Å². The number of alkyl halides is 2. The second-order valence-corrected chi connectivity index (χ2v) is 6.06. The van der Waals surface area contributed by atoms with Gasteiger partial charge in [0.2, 0.25) is 0 Å². The van der Waals surface area contributed by atoms with E-state index in [1.165, 1.54) is 0 Å². The first-order valence-electron chi connectivity index (χ1n) is 8.46. The summed E-state index contributed by atoms with van der Waals surface area (Å²) in [6, 6.07) is 5.09. The van der Waals surface area contributed by atoms with Crippen molar-refractivity contribution in [2.75, 3.05) is 7.05 Å².